The highest BCUT2D eigenvalue weighted by Crippen LogP contribution is 2.27. The SMILES string of the molecule is CCCn1ncc(CN2CCc3nc(C(F)(F)F)[nH]c(=O)c3C2)c1C. The van der Waals surface area contributed by atoms with Gasteiger partial charge >= 0.3 is 6.18 Å². The molecule has 0 fully saturated rings. The molecule has 0 amide bonds. The highest BCUT2D eigenvalue weighted by Gasteiger charge is 2.36. The fraction of sp³-hybridized carbons (Fsp3) is 0.562. The van der Waals surface area contributed by atoms with Crippen LogP contribution in [-0.2, 0) is 32.2 Å². The van der Waals surface area contributed by atoms with Crippen molar-refractivity contribution in [1.82, 2.24) is 24.6 Å². The van der Waals surface area contributed by atoms with E-state index in [1.54, 1.807) is 0 Å². The van der Waals surface area contributed by atoms with E-state index in [-0.39, 0.29) is 12.2 Å². The van der Waals surface area contributed by atoms with Gasteiger partial charge in [0.1, 0.15) is 0 Å². The highest BCUT2D eigenvalue weighted by molar-refractivity contribution is 5.23. The van der Waals surface area contributed by atoms with E-state index in [0.717, 1.165) is 24.2 Å². The lowest BCUT2D eigenvalue weighted by Gasteiger charge is -2.27. The molecule has 6 nitrogen and oxygen atoms in total. The van der Waals surface area contributed by atoms with Gasteiger partial charge in [0.2, 0.25) is 5.82 Å². The van der Waals surface area contributed by atoms with Crippen LogP contribution in [0.5, 0.6) is 0 Å². The van der Waals surface area contributed by atoms with Crippen molar-refractivity contribution >= 4 is 0 Å². The van der Waals surface area contributed by atoms with Crippen molar-refractivity contribution in [2.45, 2.75) is 52.5 Å². The zero-order chi connectivity index (χ0) is 18.2. The predicted octanol–water partition coefficient (Wildman–Crippen LogP) is 2.26. The molecule has 25 heavy (non-hydrogen) atoms. The zero-order valence-electron chi connectivity index (χ0n) is 14.2. The third kappa shape index (κ3) is 3.60. The van der Waals surface area contributed by atoms with Gasteiger partial charge in [0, 0.05) is 43.9 Å². The molecule has 0 radical (unpaired) electrons. The molecule has 0 unspecified atom stereocenters. The second-order valence-corrected chi connectivity index (χ2v) is 6.28. The molecule has 0 saturated heterocycles. The third-order valence-electron chi connectivity index (χ3n) is 4.45. The Hall–Kier alpha value is -2.16. The van der Waals surface area contributed by atoms with Crippen LogP contribution in [0, 0.1) is 6.92 Å². The van der Waals surface area contributed by atoms with Crippen LogP contribution in [0.3, 0.4) is 0 Å². The molecule has 0 saturated carbocycles. The van der Waals surface area contributed by atoms with Crippen molar-refractivity contribution in [3.8, 4) is 0 Å². The van der Waals surface area contributed by atoms with Crippen molar-refractivity contribution in [3.05, 3.63) is 44.9 Å². The molecule has 2 aromatic heterocycles. The number of fused-ring (bicyclic) bond motifs is 1. The summed E-state index contributed by atoms with van der Waals surface area (Å²) in [6.45, 7) is 6.37. The number of aryl methyl sites for hydroxylation is 1. The van der Waals surface area contributed by atoms with E-state index in [1.165, 1.54) is 0 Å². The van der Waals surface area contributed by atoms with Crippen LogP contribution < -0.4 is 5.56 Å². The number of aromatic nitrogens is 4. The Balaban J connectivity index is 1.79. The lowest BCUT2D eigenvalue weighted by Crippen LogP contribution is -2.36. The van der Waals surface area contributed by atoms with Gasteiger partial charge in [0.15, 0.2) is 0 Å². The summed E-state index contributed by atoms with van der Waals surface area (Å²) in [6, 6.07) is 0. The van der Waals surface area contributed by atoms with Gasteiger partial charge < -0.3 is 4.98 Å². The van der Waals surface area contributed by atoms with Crippen LogP contribution in [0.4, 0.5) is 13.2 Å². The number of hydrogen-bond acceptors (Lipinski definition) is 4. The van der Waals surface area contributed by atoms with E-state index in [9.17, 15) is 18.0 Å². The lowest BCUT2D eigenvalue weighted by atomic mass is 10.1. The first kappa shape index (κ1) is 17.7. The summed E-state index contributed by atoms with van der Waals surface area (Å²) in [4.78, 5) is 19.5. The Morgan fingerprint density at radius 2 is 2.12 bits per heavy atom. The number of H-pyrrole nitrogens is 1. The van der Waals surface area contributed by atoms with Gasteiger partial charge in [0.25, 0.3) is 5.56 Å². The summed E-state index contributed by atoms with van der Waals surface area (Å²) in [5.41, 5.74) is 1.99. The number of rotatable bonds is 4. The second kappa shape index (κ2) is 6.62. The zero-order valence-corrected chi connectivity index (χ0v) is 14.2. The van der Waals surface area contributed by atoms with Crippen LogP contribution >= 0.6 is 0 Å². The Labute approximate surface area is 142 Å². The van der Waals surface area contributed by atoms with Crippen molar-refractivity contribution in [2.75, 3.05) is 6.54 Å². The molecule has 0 bridgehead atoms. The van der Waals surface area contributed by atoms with E-state index in [0.29, 0.717) is 25.1 Å². The Kier molecular flexibility index (Phi) is 4.68. The summed E-state index contributed by atoms with van der Waals surface area (Å²) in [5, 5.41) is 4.36. The third-order valence-corrected chi connectivity index (χ3v) is 4.45. The number of halogens is 3. The Bertz CT molecular complexity index is 824. The van der Waals surface area contributed by atoms with Gasteiger partial charge in [0.05, 0.1) is 17.5 Å². The fourth-order valence-corrected chi connectivity index (χ4v) is 3.07. The van der Waals surface area contributed by atoms with E-state index in [1.807, 2.05) is 27.7 Å². The first-order valence-corrected chi connectivity index (χ1v) is 8.22. The van der Waals surface area contributed by atoms with E-state index < -0.39 is 17.6 Å². The van der Waals surface area contributed by atoms with Crippen molar-refractivity contribution in [1.29, 1.82) is 0 Å². The van der Waals surface area contributed by atoms with Crippen LogP contribution in [0.2, 0.25) is 0 Å². The van der Waals surface area contributed by atoms with Crippen molar-refractivity contribution in [2.24, 2.45) is 0 Å². The average molecular weight is 355 g/mol. The number of aromatic amines is 1. The van der Waals surface area contributed by atoms with Crippen LogP contribution in [0.1, 0.15) is 41.7 Å². The number of nitrogens with one attached hydrogen (secondary N) is 1. The van der Waals surface area contributed by atoms with Crippen LogP contribution in [0.15, 0.2) is 11.0 Å². The number of alkyl halides is 3. The second-order valence-electron chi connectivity index (χ2n) is 6.28. The van der Waals surface area contributed by atoms with Crippen LogP contribution in [0.25, 0.3) is 0 Å². The first-order valence-electron chi connectivity index (χ1n) is 8.22. The molecule has 0 aliphatic carbocycles. The average Bonchev–Trinajstić information content (AvgIpc) is 2.88. The minimum absolute atomic E-state index is 0.241. The van der Waals surface area contributed by atoms with Gasteiger partial charge in [-0.2, -0.15) is 18.3 Å². The van der Waals surface area contributed by atoms with Gasteiger partial charge in [-0.3, -0.25) is 14.4 Å². The van der Waals surface area contributed by atoms with Crippen molar-refractivity contribution < 1.29 is 13.2 Å². The molecule has 0 atom stereocenters. The van der Waals surface area contributed by atoms with E-state index in [2.05, 4.69) is 17.0 Å². The van der Waals surface area contributed by atoms with Crippen molar-refractivity contribution in [3.63, 3.8) is 0 Å². The molecule has 2 aromatic rings. The highest BCUT2D eigenvalue weighted by atomic mass is 19.4. The van der Waals surface area contributed by atoms with Gasteiger partial charge in [-0.15, -0.1) is 0 Å². The van der Waals surface area contributed by atoms with E-state index in [4.69, 9.17) is 0 Å². The maximum atomic E-state index is 12.8. The predicted molar refractivity (Wildman–Crippen MR) is 84.9 cm³/mol. The fourth-order valence-electron chi connectivity index (χ4n) is 3.07. The van der Waals surface area contributed by atoms with Crippen LogP contribution in [-0.4, -0.2) is 31.2 Å². The Morgan fingerprint density at radius 1 is 1.36 bits per heavy atom. The molecule has 9 heteroatoms. The molecule has 0 spiro atoms. The van der Waals surface area contributed by atoms with Gasteiger partial charge in [-0.05, 0) is 13.3 Å². The maximum Gasteiger partial charge on any atom is 0.449 e. The summed E-state index contributed by atoms with van der Waals surface area (Å²) in [7, 11) is 0. The molecule has 3 heterocycles. The minimum Gasteiger partial charge on any atom is -0.303 e. The summed E-state index contributed by atoms with van der Waals surface area (Å²) in [5.74, 6) is -1.22. The molecule has 136 valence electrons. The minimum atomic E-state index is -4.64. The lowest BCUT2D eigenvalue weighted by molar-refractivity contribution is -0.145. The Morgan fingerprint density at radius 3 is 2.80 bits per heavy atom. The number of nitrogens with zero attached hydrogens (tertiary/aromatic N) is 4. The molecular formula is C16H20F3N5O. The molecular weight excluding hydrogens is 335 g/mol. The van der Waals surface area contributed by atoms with Gasteiger partial charge in [-0.25, -0.2) is 4.98 Å². The molecule has 0 aromatic carbocycles. The quantitative estimate of drug-likeness (QED) is 0.914. The largest absolute Gasteiger partial charge is 0.449 e. The molecule has 1 aliphatic rings. The first-order chi connectivity index (χ1) is 11.8. The van der Waals surface area contributed by atoms with Gasteiger partial charge in [-0.1, -0.05) is 6.92 Å². The normalized spacial score (nSPS) is 15.4. The summed E-state index contributed by atoms with van der Waals surface area (Å²) < 4.78 is 40.2. The molecule has 1 N–H and O–H groups in total. The maximum absolute atomic E-state index is 12.8. The summed E-state index contributed by atoms with van der Waals surface area (Å²) in [6.07, 6.45) is -1.52. The monoisotopic (exact) mass is 355 g/mol. The van der Waals surface area contributed by atoms with E-state index >= 15 is 0 Å². The molecule has 3 rings (SSSR count). The number of hydrogen-bond donors (Lipinski definition) is 1. The molecule has 1 aliphatic heterocycles. The standard InChI is InChI=1S/C16H20F3N5O/c1-3-5-24-10(2)11(7-20-24)8-23-6-4-13-12(9-23)14(25)22-15(21-13)16(17,18)19/h7H,3-6,8-9H2,1-2H3,(H,21,22,25). The topological polar surface area (TPSA) is 66.8 Å². The summed E-state index contributed by atoms with van der Waals surface area (Å²) >= 11 is 0. The smallest absolute Gasteiger partial charge is 0.303 e.